The molecule has 0 atom stereocenters. The van der Waals surface area contributed by atoms with Gasteiger partial charge in [0.25, 0.3) is 5.91 Å². The number of hydrogen-bond donors (Lipinski definition) is 2. The number of amides is 2. The van der Waals surface area contributed by atoms with Gasteiger partial charge in [0.15, 0.2) is 0 Å². The van der Waals surface area contributed by atoms with Gasteiger partial charge in [-0.3, -0.25) is 9.59 Å². The lowest BCUT2D eigenvalue weighted by Crippen LogP contribution is -2.18. The van der Waals surface area contributed by atoms with Crippen LogP contribution in [-0.2, 0) is 11.4 Å². The number of halogens is 2. The van der Waals surface area contributed by atoms with E-state index >= 15 is 0 Å². The molecular formula is C23H19Cl2N3O3. The van der Waals surface area contributed by atoms with Crippen molar-refractivity contribution in [2.45, 2.75) is 13.5 Å². The number of carbonyl (C=O) groups is 2. The van der Waals surface area contributed by atoms with Crippen molar-refractivity contribution in [3.05, 3.63) is 93.5 Å². The average molecular weight is 456 g/mol. The first-order valence-electron chi connectivity index (χ1n) is 9.28. The van der Waals surface area contributed by atoms with E-state index in [2.05, 4.69) is 15.8 Å². The molecule has 3 rings (SSSR count). The molecule has 2 N–H and O–H groups in total. The molecule has 0 heterocycles. The van der Waals surface area contributed by atoms with E-state index in [1.807, 2.05) is 24.3 Å². The van der Waals surface area contributed by atoms with E-state index in [9.17, 15) is 9.59 Å². The van der Waals surface area contributed by atoms with Crippen LogP contribution in [0.25, 0.3) is 0 Å². The number of nitrogens with zero attached hydrogens (tertiary/aromatic N) is 1. The molecule has 31 heavy (non-hydrogen) atoms. The zero-order valence-corrected chi connectivity index (χ0v) is 18.1. The highest BCUT2D eigenvalue weighted by atomic mass is 35.5. The van der Waals surface area contributed by atoms with Gasteiger partial charge in [0.05, 0.1) is 16.3 Å². The van der Waals surface area contributed by atoms with E-state index in [0.29, 0.717) is 33.7 Å². The predicted octanol–water partition coefficient (Wildman–Crippen LogP) is 5.29. The van der Waals surface area contributed by atoms with E-state index in [-0.39, 0.29) is 5.91 Å². The third-order valence-electron chi connectivity index (χ3n) is 4.07. The van der Waals surface area contributed by atoms with Gasteiger partial charge in [-0.2, -0.15) is 5.10 Å². The van der Waals surface area contributed by atoms with Gasteiger partial charge in [0.1, 0.15) is 12.4 Å². The molecule has 0 aliphatic rings. The van der Waals surface area contributed by atoms with Gasteiger partial charge in [-0.05, 0) is 53.6 Å². The lowest BCUT2D eigenvalue weighted by molar-refractivity contribution is -0.114. The second-order valence-electron chi connectivity index (χ2n) is 6.57. The van der Waals surface area contributed by atoms with Crippen molar-refractivity contribution in [1.29, 1.82) is 0 Å². The van der Waals surface area contributed by atoms with Gasteiger partial charge in [0, 0.05) is 18.2 Å². The Kier molecular flexibility index (Phi) is 7.65. The summed E-state index contributed by atoms with van der Waals surface area (Å²) in [6, 6.07) is 19.2. The van der Waals surface area contributed by atoms with Crippen LogP contribution < -0.4 is 15.5 Å². The molecule has 0 spiro atoms. The molecule has 0 saturated carbocycles. The molecule has 0 unspecified atom stereocenters. The number of nitrogens with one attached hydrogen (secondary N) is 2. The fourth-order valence-electron chi connectivity index (χ4n) is 2.65. The molecule has 0 aliphatic carbocycles. The minimum atomic E-state index is -0.393. The quantitative estimate of drug-likeness (QED) is 0.374. The van der Waals surface area contributed by atoms with Crippen LogP contribution >= 0.6 is 23.2 Å². The van der Waals surface area contributed by atoms with Crippen molar-refractivity contribution in [2.75, 3.05) is 5.32 Å². The van der Waals surface area contributed by atoms with E-state index in [0.717, 1.165) is 11.1 Å². The highest BCUT2D eigenvalue weighted by Crippen LogP contribution is 2.23. The zero-order valence-electron chi connectivity index (χ0n) is 16.6. The second-order valence-corrected chi connectivity index (χ2v) is 7.39. The molecule has 6 nitrogen and oxygen atoms in total. The number of benzene rings is 3. The van der Waals surface area contributed by atoms with E-state index in [1.54, 1.807) is 42.5 Å². The van der Waals surface area contributed by atoms with Crippen LogP contribution in [0.3, 0.4) is 0 Å². The smallest absolute Gasteiger partial charge is 0.271 e. The molecule has 0 bridgehead atoms. The van der Waals surface area contributed by atoms with Crippen LogP contribution in [0.5, 0.6) is 5.75 Å². The standard InChI is InChI=1S/C23H19Cl2N3O3/c1-15(29)27-19-6-3-5-18(12-19)23(30)28-26-13-16-4-2-7-20(10-16)31-14-17-8-9-21(24)22(25)11-17/h2-13H,14H2,1H3,(H,27,29)(H,28,30). The lowest BCUT2D eigenvalue weighted by Gasteiger charge is -2.08. The Labute approximate surface area is 189 Å². The van der Waals surface area contributed by atoms with Gasteiger partial charge in [-0.25, -0.2) is 5.43 Å². The predicted molar refractivity (Wildman–Crippen MR) is 123 cm³/mol. The van der Waals surface area contributed by atoms with Crippen molar-refractivity contribution in [2.24, 2.45) is 5.10 Å². The average Bonchev–Trinajstić information content (AvgIpc) is 2.74. The number of anilines is 1. The van der Waals surface area contributed by atoms with Gasteiger partial charge in [0.2, 0.25) is 5.91 Å². The van der Waals surface area contributed by atoms with Gasteiger partial charge < -0.3 is 10.1 Å². The first-order valence-corrected chi connectivity index (χ1v) is 10.0. The number of rotatable bonds is 7. The lowest BCUT2D eigenvalue weighted by atomic mass is 10.2. The SMILES string of the molecule is CC(=O)Nc1cccc(C(=O)NN=Cc2cccc(OCc3ccc(Cl)c(Cl)c3)c2)c1. The molecule has 0 saturated heterocycles. The number of carbonyl (C=O) groups excluding carboxylic acids is 2. The molecule has 0 fully saturated rings. The monoisotopic (exact) mass is 455 g/mol. The largest absolute Gasteiger partial charge is 0.489 e. The molecule has 3 aromatic rings. The molecule has 0 radical (unpaired) electrons. The summed E-state index contributed by atoms with van der Waals surface area (Å²) in [6.45, 7) is 1.73. The summed E-state index contributed by atoms with van der Waals surface area (Å²) in [5.41, 5.74) is 5.02. The summed E-state index contributed by atoms with van der Waals surface area (Å²) in [7, 11) is 0. The van der Waals surface area contributed by atoms with Crippen molar-refractivity contribution in [1.82, 2.24) is 5.43 Å². The Morgan fingerprint density at radius 2 is 1.81 bits per heavy atom. The molecule has 0 aromatic heterocycles. The maximum Gasteiger partial charge on any atom is 0.271 e. The summed E-state index contributed by atoms with van der Waals surface area (Å²) in [5.74, 6) is 0.0386. The summed E-state index contributed by atoms with van der Waals surface area (Å²) in [4.78, 5) is 23.4. The zero-order chi connectivity index (χ0) is 22.2. The summed E-state index contributed by atoms with van der Waals surface area (Å²) < 4.78 is 5.78. The molecule has 0 aliphatic heterocycles. The summed E-state index contributed by atoms with van der Waals surface area (Å²) in [6.07, 6.45) is 1.52. The van der Waals surface area contributed by atoms with E-state index in [4.69, 9.17) is 27.9 Å². The molecular weight excluding hydrogens is 437 g/mol. The highest BCUT2D eigenvalue weighted by Gasteiger charge is 2.06. The van der Waals surface area contributed by atoms with E-state index < -0.39 is 5.91 Å². The molecule has 158 valence electrons. The van der Waals surface area contributed by atoms with Crippen molar-refractivity contribution in [3.8, 4) is 5.75 Å². The van der Waals surface area contributed by atoms with Crippen LogP contribution in [0.4, 0.5) is 5.69 Å². The van der Waals surface area contributed by atoms with Crippen LogP contribution in [0.15, 0.2) is 71.8 Å². The topological polar surface area (TPSA) is 79.8 Å². The molecule has 2 amide bonds. The first-order chi connectivity index (χ1) is 14.9. The minimum absolute atomic E-state index is 0.211. The fraction of sp³-hybridized carbons (Fsp3) is 0.0870. The third kappa shape index (κ3) is 6.84. The fourth-order valence-corrected chi connectivity index (χ4v) is 2.97. The van der Waals surface area contributed by atoms with Crippen LogP contribution in [0, 0.1) is 0 Å². The Balaban J connectivity index is 1.58. The Morgan fingerprint density at radius 1 is 1.00 bits per heavy atom. The normalized spacial score (nSPS) is 10.7. The number of ether oxygens (including phenoxy) is 1. The summed E-state index contributed by atoms with van der Waals surface area (Å²) >= 11 is 11.9. The van der Waals surface area contributed by atoms with Crippen LogP contribution in [0.1, 0.15) is 28.4 Å². The maximum atomic E-state index is 12.3. The van der Waals surface area contributed by atoms with Crippen LogP contribution in [0.2, 0.25) is 10.0 Å². The minimum Gasteiger partial charge on any atom is -0.489 e. The van der Waals surface area contributed by atoms with Crippen molar-refractivity contribution >= 4 is 46.9 Å². The Bertz CT molecular complexity index is 1130. The van der Waals surface area contributed by atoms with Gasteiger partial charge in [-0.15, -0.1) is 0 Å². The third-order valence-corrected chi connectivity index (χ3v) is 4.81. The summed E-state index contributed by atoms with van der Waals surface area (Å²) in [5, 5.41) is 7.59. The Morgan fingerprint density at radius 3 is 2.58 bits per heavy atom. The number of hydrazone groups is 1. The Hall–Kier alpha value is -3.35. The maximum absolute atomic E-state index is 12.3. The first kappa shape index (κ1) is 22.3. The second kappa shape index (κ2) is 10.6. The van der Waals surface area contributed by atoms with Crippen molar-refractivity contribution in [3.63, 3.8) is 0 Å². The highest BCUT2D eigenvalue weighted by molar-refractivity contribution is 6.42. The van der Waals surface area contributed by atoms with E-state index in [1.165, 1.54) is 13.1 Å². The van der Waals surface area contributed by atoms with Crippen LogP contribution in [-0.4, -0.2) is 18.0 Å². The number of hydrogen-bond acceptors (Lipinski definition) is 4. The molecule has 8 heteroatoms. The van der Waals surface area contributed by atoms with Gasteiger partial charge in [-0.1, -0.05) is 47.5 Å². The van der Waals surface area contributed by atoms with Gasteiger partial charge >= 0.3 is 0 Å². The molecule has 3 aromatic carbocycles. The van der Waals surface area contributed by atoms with Crippen molar-refractivity contribution < 1.29 is 14.3 Å².